The van der Waals surface area contributed by atoms with Crippen molar-refractivity contribution in [3.63, 3.8) is 0 Å². The summed E-state index contributed by atoms with van der Waals surface area (Å²) in [4.78, 5) is 12.8. The SMILES string of the molecule is COc1cc2c(cc1OC)CC(=O)C(CCCCNCCCOc1ccc3c(c1)OCO3)CC2. The minimum Gasteiger partial charge on any atom is -0.493 e. The Morgan fingerprint density at radius 2 is 1.71 bits per heavy atom. The van der Waals surface area contributed by atoms with Crippen molar-refractivity contribution in [1.82, 2.24) is 5.32 Å². The monoisotopic (exact) mass is 469 g/mol. The first-order valence-corrected chi connectivity index (χ1v) is 12.2. The van der Waals surface area contributed by atoms with Crippen molar-refractivity contribution in [3.8, 4) is 28.7 Å². The summed E-state index contributed by atoms with van der Waals surface area (Å²) in [5, 5.41) is 3.48. The zero-order chi connectivity index (χ0) is 23.8. The summed E-state index contributed by atoms with van der Waals surface area (Å²) in [5.41, 5.74) is 2.29. The van der Waals surface area contributed by atoms with Crippen LogP contribution < -0.4 is 29.0 Å². The molecule has 7 heteroatoms. The lowest BCUT2D eigenvalue weighted by Crippen LogP contribution is -2.20. The van der Waals surface area contributed by atoms with Crippen molar-refractivity contribution in [3.05, 3.63) is 41.5 Å². The molecule has 0 amide bonds. The molecule has 2 aromatic rings. The van der Waals surface area contributed by atoms with Gasteiger partial charge in [0.15, 0.2) is 23.0 Å². The molecule has 1 atom stereocenters. The fourth-order valence-corrected chi connectivity index (χ4v) is 4.61. The lowest BCUT2D eigenvalue weighted by Gasteiger charge is -2.13. The molecule has 34 heavy (non-hydrogen) atoms. The number of Topliss-reactive ketones (excluding diaryl/α,β-unsaturated/α-hetero) is 1. The van der Waals surface area contributed by atoms with E-state index >= 15 is 0 Å². The van der Waals surface area contributed by atoms with E-state index in [1.54, 1.807) is 14.2 Å². The van der Waals surface area contributed by atoms with E-state index in [0.29, 0.717) is 24.6 Å². The maximum absolute atomic E-state index is 12.8. The van der Waals surface area contributed by atoms with Gasteiger partial charge in [0.05, 0.1) is 20.8 Å². The highest BCUT2D eigenvalue weighted by atomic mass is 16.7. The normalized spacial score (nSPS) is 16.6. The molecule has 1 aliphatic heterocycles. The molecule has 1 N–H and O–H groups in total. The third-order valence-electron chi connectivity index (χ3n) is 6.55. The topological polar surface area (TPSA) is 75.3 Å². The highest BCUT2D eigenvalue weighted by Crippen LogP contribution is 2.36. The largest absolute Gasteiger partial charge is 0.493 e. The summed E-state index contributed by atoms with van der Waals surface area (Å²) >= 11 is 0. The number of nitrogens with one attached hydrogen (secondary N) is 1. The Balaban J connectivity index is 1.09. The van der Waals surface area contributed by atoms with Crippen molar-refractivity contribution in [2.45, 2.75) is 44.9 Å². The molecule has 1 heterocycles. The Hall–Kier alpha value is -2.93. The van der Waals surface area contributed by atoms with Crippen molar-refractivity contribution >= 4 is 5.78 Å². The molecule has 0 aromatic heterocycles. The van der Waals surface area contributed by atoms with E-state index in [-0.39, 0.29) is 12.7 Å². The van der Waals surface area contributed by atoms with Crippen LogP contribution in [0, 0.1) is 5.92 Å². The highest BCUT2D eigenvalue weighted by molar-refractivity contribution is 5.84. The number of methoxy groups -OCH3 is 2. The van der Waals surface area contributed by atoms with E-state index in [0.717, 1.165) is 80.2 Å². The van der Waals surface area contributed by atoms with Crippen molar-refractivity contribution in [1.29, 1.82) is 0 Å². The lowest BCUT2D eigenvalue weighted by atomic mass is 9.92. The smallest absolute Gasteiger partial charge is 0.231 e. The standard InChI is InChI=1S/C27H35NO6/c1-30-25-15-20-8-7-19(23(29)14-21(20)16-26(25)31-2)6-3-4-11-28-12-5-13-32-22-9-10-24-27(17-22)34-18-33-24/h9-10,15-17,19,28H,3-8,11-14,18H2,1-2H3. The van der Waals surface area contributed by atoms with Gasteiger partial charge in [-0.05, 0) is 80.6 Å². The summed E-state index contributed by atoms with van der Waals surface area (Å²) in [5.74, 6) is 4.23. The molecule has 0 saturated heterocycles. The minimum atomic E-state index is 0.138. The van der Waals surface area contributed by atoms with Gasteiger partial charge in [-0.2, -0.15) is 0 Å². The number of hydrogen-bond donors (Lipinski definition) is 1. The van der Waals surface area contributed by atoms with E-state index in [2.05, 4.69) is 5.32 Å². The van der Waals surface area contributed by atoms with Crippen LogP contribution in [0.2, 0.25) is 0 Å². The fraction of sp³-hybridized carbons (Fsp3) is 0.519. The van der Waals surface area contributed by atoms with Gasteiger partial charge in [0, 0.05) is 18.4 Å². The number of hydrogen-bond acceptors (Lipinski definition) is 7. The number of unbranched alkanes of at least 4 members (excludes halogenated alkanes) is 1. The molecule has 1 unspecified atom stereocenters. The van der Waals surface area contributed by atoms with Gasteiger partial charge in [0.1, 0.15) is 11.5 Å². The first kappa shape index (κ1) is 24.2. The van der Waals surface area contributed by atoms with Gasteiger partial charge in [-0.25, -0.2) is 0 Å². The van der Waals surface area contributed by atoms with Gasteiger partial charge in [-0.3, -0.25) is 4.79 Å². The predicted octanol–water partition coefficient (Wildman–Crippen LogP) is 4.34. The minimum absolute atomic E-state index is 0.138. The van der Waals surface area contributed by atoms with Crippen LogP contribution in [-0.2, 0) is 17.6 Å². The van der Waals surface area contributed by atoms with Crippen LogP contribution in [0.15, 0.2) is 30.3 Å². The third kappa shape index (κ3) is 6.14. The number of benzene rings is 2. The second-order valence-electron chi connectivity index (χ2n) is 8.82. The average molecular weight is 470 g/mol. The van der Waals surface area contributed by atoms with Crippen LogP contribution in [-0.4, -0.2) is 46.5 Å². The van der Waals surface area contributed by atoms with E-state index in [9.17, 15) is 4.79 Å². The number of carbonyl (C=O) groups excluding carboxylic acids is 1. The molecule has 2 aliphatic rings. The zero-order valence-electron chi connectivity index (χ0n) is 20.2. The van der Waals surface area contributed by atoms with E-state index in [4.69, 9.17) is 23.7 Å². The number of fused-ring (bicyclic) bond motifs is 2. The summed E-state index contributed by atoms with van der Waals surface area (Å²) in [7, 11) is 3.28. The molecular formula is C27H35NO6. The molecule has 0 radical (unpaired) electrons. The number of ether oxygens (including phenoxy) is 5. The Kier molecular flexibility index (Phi) is 8.52. The van der Waals surface area contributed by atoms with Gasteiger partial charge < -0.3 is 29.0 Å². The Morgan fingerprint density at radius 1 is 0.941 bits per heavy atom. The molecule has 1 aliphatic carbocycles. The number of ketones is 1. The molecule has 2 aromatic carbocycles. The molecule has 0 fully saturated rings. The van der Waals surface area contributed by atoms with E-state index < -0.39 is 0 Å². The van der Waals surface area contributed by atoms with Crippen LogP contribution >= 0.6 is 0 Å². The zero-order valence-corrected chi connectivity index (χ0v) is 20.2. The predicted molar refractivity (Wildman–Crippen MR) is 129 cm³/mol. The molecular weight excluding hydrogens is 434 g/mol. The van der Waals surface area contributed by atoms with Gasteiger partial charge in [-0.15, -0.1) is 0 Å². The van der Waals surface area contributed by atoms with Gasteiger partial charge in [0.25, 0.3) is 0 Å². The summed E-state index contributed by atoms with van der Waals surface area (Å²) < 4.78 is 27.3. The Labute approximate surface area is 201 Å². The fourth-order valence-electron chi connectivity index (χ4n) is 4.61. The molecule has 4 rings (SSSR count). The second kappa shape index (κ2) is 12.0. The van der Waals surface area contributed by atoms with Crippen molar-refractivity contribution in [2.24, 2.45) is 5.92 Å². The van der Waals surface area contributed by atoms with Crippen LogP contribution in [0.25, 0.3) is 0 Å². The average Bonchev–Trinajstić information content (AvgIpc) is 3.26. The quantitative estimate of drug-likeness (QED) is 0.366. The molecule has 0 spiro atoms. The van der Waals surface area contributed by atoms with Crippen LogP contribution in [0.1, 0.15) is 43.2 Å². The third-order valence-corrected chi connectivity index (χ3v) is 6.55. The van der Waals surface area contributed by atoms with Crippen LogP contribution in [0.4, 0.5) is 0 Å². The van der Waals surface area contributed by atoms with Crippen LogP contribution in [0.5, 0.6) is 28.7 Å². The Bertz CT molecular complexity index is 976. The van der Waals surface area contributed by atoms with Gasteiger partial charge in [-0.1, -0.05) is 6.42 Å². The number of rotatable bonds is 12. The molecule has 7 nitrogen and oxygen atoms in total. The second-order valence-corrected chi connectivity index (χ2v) is 8.82. The highest BCUT2D eigenvalue weighted by Gasteiger charge is 2.25. The van der Waals surface area contributed by atoms with Crippen LogP contribution in [0.3, 0.4) is 0 Å². The molecule has 0 saturated carbocycles. The van der Waals surface area contributed by atoms with E-state index in [1.165, 1.54) is 5.56 Å². The maximum atomic E-state index is 12.8. The van der Waals surface area contributed by atoms with Gasteiger partial charge >= 0.3 is 0 Å². The maximum Gasteiger partial charge on any atom is 0.231 e. The summed E-state index contributed by atoms with van der Waals surface area (Å²) in [6.45, 7) is 2.79. The molecule has 0 bridgehead atoms. The first-order chi connectivity index (χ1) is 16.7. The van der Waals surface area contributed by atoms with E-state index in [1.807, 2.05) is 30.3 Å². The number of carbonyl (C=O) groups is 1. The lowest BCUT2D eigenvalue weighted by molar-refractivity contribution is -0.122. The Morgan fingerprint density at radius 3 is 2.53 bits per heavy atom. The van der Waals surface area contributed by atoms with Crippen molar-refractivity contribution < 1.29 is 28.5 Å². The van der Waals surface area contributed by atoms with Crippen molar-refractivity contribution in [2.75, 3.05) is 40.7 Å². The summed E-state index contributed by atoms with van der Waals surface area (Å²) in [6.07, 6.45) is 6.32. The summed E-state index contributed by atoms with van der Waals surface area (Å²) in [6, 6.07) is 9.65. The van der Waals surface area contributed by atoms with Gasteiger partial charge in [0.2, 0.25) is 6.79 Å². The first-order valence-electron chi connectivity index (χ1n) is 12.2. The number of aryl methyl sites for hydroxylation is 1. The molecule has 184 valence electrons.